The third-order valence-corrected chi connectivity index (χ3v) is 6.57. The van der Waals surface area contributed by atoms with Crippen LogP contribution in [0.3, 0.4) is 0 Å². The second-order valence-electron chi connectivity index (χ2n) is 8.43. The third-order valence-electron chi connectivity index (χ3n) is 6.57. The molecule has 3 aliphatic rings. The zero-order chi connectivity index (χ0) is 19.1. The molecule has 0 spiro atoms. The lowest BCUT2D eigenvalue weighted by Gasteiger charge is -2.39. The van der Waals surface area contributed by atoms with Gasteiger partial charge in [-0.3, -0.25) is 4.79 Å². The number of ether oxygens (including phenoxy) is 2. The molecule has 1 amide bonds. The fraction of sp³-hybridized carbons (Fsp3) is 0.864. The molecule has 0 saturated heterocycles. The lowest BCUT2D eigenvalue weighted by molar-refractivity contribution is -0.176. The molecule has 2 fully saturated rings. The standard InChI is InChI=1S/C22H37NO4/c1-2-26-22-18(13-8-14-24)19(16-9-6-7-10-16)15-20(27-22)21(25)23-17-11-4-3-5-12-17/h15-19,22,24H,2-14H2,1H3,(H,23,25)/t18-,19+,22+/m0/s1. The number of rotatable bonds is 8. The minimum absolute atomic E-state index is 0.0739. The van der Waals surface area contributed by atoms with Crippen molar-refractivity contribution < 1.29 is 19.4 Å². The molecule has 2 aliphatic carbocycles. The van der Waals surface area contributed by atoms with Crippen LogP contribution in [0.15, 0.2) is 11.8 Å². The highest BCUT2D eigenvalue weighted by molar-refractivity contribution is 5.91. The van der Waals surface area contributed by atoms with E-state index in [1.165, 1.54) is 44.9 Å². The monoisotopic (exact) mass is 379 g/mol. The van der Waals surface area contributed by atoms with Gasteiger partial charge in [0, 0.05) is 25.2 Å². The Morgan fingerprint density at radius 1 is 1.19 bits per heavy atom. The number of nitrogens with one attached hydrogen (secondary N) is 1. The predicted octanol–water partition coefficient (Wildman–Crippen LogP) is 3.91. The van der Waals surface area contributed by atoms with Gasteiger partial charge in [0.2, 0.25) is 6.29 Å². The normalized spacial score (nSPS) is 30.0. The van der Waals surface area contributed by atoms with Gasteiger partial charge in [0.15, 0.2) is 5.76 Å². The van der Waals surface area contributed by atoms with E-state index in [-0.39, 0.29) is 30.8 Å². The summed E-state index contributed by atoms with van der Waals surface area (Å²) in [6, 6.07) is 0.276. The first kappa shape index (κ1) is 20.7. The number of aliphatic hydroxyl groups excluding tert-OH is 1. The molecule has 3 rings (SSSR count). The highest BCUT2D eigenvalue weighted by Gasteiger charge is 2.41. The van der Waals surface area contributed by atoms with E-state index in [4.69, 9.17) is 9.47 Å². The number of hydrogen-bond donors (Lipinski definition) is 2. The summed E-state index contributed by atoms with van der Waals surface area (Å²) in [5.41, 5.74) is 0. The van der Waals surface area contributed by atoms with Gasteiger partial charge in [0.25, 0.3) is 5.91 Å². The van der Waals surface area contributed by atoms with Crippen molar-refractivity contribution in [3.8, 4) is 0 Å². The maximum Gasteiger partial charge on any atom is 0.286 e. The van der Waals surface area contributed by atoms with E-state index in [2.05, 4.69) is 11.4 Å². The van der Waals surface area contributed by atoms with Gasteiger partial charge in [-0.1, -0.05) is 32.1 Å². The SMILES string of the molecule is CCO[C@@H]1OC(C(=O)NC2CCCCC2)=C[C@H](C2CCCC2)[C@@H]1CCCO. The van der Waals surface area contributed by atoms with Crippen molar-refractivity contribution in [2.45, 2.75) is 89.9 Å². The highest BCUT2D eigenvalue weighted by Crippen LogP contribution is 2.43. The lowest BCUT2D eigenvalue weighted by Crippen LogP contribution is -2.43. The van der Waals surface area contributed by atoms with Crippen LogP contribution in [0.2, 0.25) is 0 Å². The Morgan fingerprint density at radius 3 is 2.56 bits per heavy atom. The van der Waals surface area contributed by atoms with E-state index in [1.807, 2.05) is 6.92 Å². The fourth-order valence-electron chi connectivity index (χ4n) is 5.17. The van der Waals surface area contributed by atoms with Gasteiger partial charge in [-0.15, -0.1) is 0 Å². The number of carbonyl (C=O) groups is 1. The van der Waals surface area contributed by atoms with Crippen molar-refractivity contribution in [1.29, 1.82) is 0 Å². The van der Waals surface area contributed by atoms with Crippen LogP contribution < -0.4 is 5.32 Å². The van der Waals surface area contributed by atoms with Crippen LogP contribution in [0, 0.1) is 17.8 Å². The molecule has 0 bridgehead atoms. The highest BCUT2D eigenvalue weighted by atomic mass is 16.7. The molecule has 5 nitrogen and oxygen atoms in total. The Morgan fingerprint density at radius 2 is 1.89 bits per heavy atom. The van der Waals surface area contributed by atoms with Crippen LogP contribution in [-0.4, -0.2) is 36.6 Å². The van der Waals surface area contributed by atoms with E-state index in [0.717, 1.165) is 25.7 Å². The average Bonchev–Trinajstić information content (AvgIpc) is 3.22. The van der Waals surface area contributed by atoms with Crippen LogP contribution in [0.5, 0.6) is 0 Å². The molecule has 0 unspecified atom stereocenters. The first-order valence-corrected chi connectivity index (χ1v) is 11.1. The molecule has 3 atom stereocenters. The Bertz CT molecular complexity index is 495. The summed E-state index contributed by atoms with van der Waals surface area (Å²) in [4.78, 5) is 12.9. The zero-order valence-corrected chi connectivity index (χ0v) is 16.8. The molecule has 0 aromatic carbocycles. The van der Waals surface area contributed by atoms with Gasteiger partial charge >= 0.3 is 0 Å². The van der Waals surface area contributed by atoms with Crippen molar-refractivity contribution in [1.82, 2.24) is 5.32 Å². The molecule has 2 saturated carbocycles. The number of aliphatic hydroxyl groups is 1. The second kappa shape index (κ2) is 10.5. The van der Waals surface area contributed by atoms with E-state index in [9.17, 15) is 9.90 Å². The minimum Gasteiger partial charge on any atom is -0.459 e. The van der Waals surface area contributed by atoms with Crippen molar-refractivity contribution in [2.75, 3.05) is 13.2 Å². The second-order valence-corrected chi connectivity index (χ2v) is 8.43. The molecule has 27 heavy (non-hydrogen) atoms. The van der Waals surface area contributed by atoms with Crippen LogP contribution in [0.4, 0.5) is 0 Å². The summed E-state index contributed by atoms with van der Waals surface area (Å²) >= 11 is 0. The Labute approximate surface area is 163 Å². The van der Waals surface area contributed by atoms with E-state index in [1.54, 1.807) is 0 Å². The molecule has 5 heteroatoms. The fourth-order valence-corrected chi connectivity index (χ4v) is 5.17. The van der Waals surface area contributed by atoms with Crippen LogP contribution >= 0.6 is 0 Å². The van der Waals surface area contributed by atoms with E-state index >= 15 is 0 Å². The van der Waals surface area contributed by atoms with Gasteiger partial charge in [-0.05, 0) is 63.4 Å². The third kappa shape index (κ3) is 5.47. The van der Waals surface area contributed by atoms with Gasteiger partial charge in [0.05, 0.1) is 0 Å². The molecule has 0 aromatic heterocycles. The van der Waals surface area contributed by atoms with Crippen LogP contribution in [0.25, 0.3) is 0 Å². The van der Waals surface area contributed by atoms with Crippen molar-refractivity contribution >= 4 is 5.91 Å². The maximum atomic E-state index is 12.9. The smallest absolute Gasteiger partial charge is 0.286 e. The molecular formula is C22H37NO4. The summed E-state index contributed by atoms with van der Waals surface area (Å²) in [5, 5.41) is 12.5. The topological polar surface area (TPSA) is 67.8 Å². The van der Waals surface area contributed by atoms with Gasteiger partial charge in [-0.25, -0.2) is 0 Å². The Hall–Kier alpha value is -1.07. The first-order chi connectivity index (χ1) is 13.2. The van der Waals surface area contributed by atoms with Gasteiger partial charge in [-0.2, -0.15) is 0 Å². The summed E-state index contributed by atoms with van der Waals surface area (Å²) < 4.78 is 12.0. The molecular weight excluding hydrogens is 342 g/mol. The summed E-state index contributed by atoms with van der Waals surface area (Å²) in [5.74, 6) is 1.49. The van der Waals surface area contributed by atoms with Crippen LogP contribution in [0.1, 0.15) is 77.6 Å². The van der Waals surface area contributed by atoms with Gasteiger partial charge < -0.3 is 19.9 Å². The summed E-state index contributed by atoms with van der Waals surface area (Å²) in [7, 11) is 0. The van der Waals surface area contributed by atoms with Crippen LogP contribution in [-0.2, 0) is 14.3 Å². The maximum absolute atomic E-state index is 12.9. The Balaban J connectivity index is 1.75. The number of allylic oxidation sites excluding steroid dienone is 1. The predicted molar refractivity (Wildman–Crippen MR) is 105 cm³/mol. The molecule has 154 valence electrons. The minimum atomic E-state index is -0.385. The van der Waals surface area contributed by atoms with E-state index in [0.29, 0.717) is 24.2 Å². The summed E-state index contributed by atoms with van der Waals surface area (Å²) in [6.07, 6.45) is 14.1. The molecule has 2 N–H and O–H groups in total. The molecule has 1 aliphatic heterocycles. The number of amides is 1. The molecule has 0 radical (unpaired) electrons. The van der Waals surface area contributed by atoms with Crippen molar-refractivity contribution in [3.05, 3.63) is 11.8 Å². The van der Waals surface area contributed by atoms with Crippen molar-refractivity contribution in [2.24, 2.45) is 17.8 Å². The number of carbonyl (C=O) groups excluding carboxylic acids is 1. The average molecular weight is 380 g/mol. The first-order valence-electron chi connectivity index (χ1n) is 11.1. The lowest BCUT2D eigenvalue weighted by atomic mass is 9.76. The largest absolute Gasteiger partial charge is 0.459 e. The van der Waals surface area contributed by atoms with Gasteiger partial charge in [0.1, 0.15) is 0 Å². The molecule has 0 aromatic rings. The molecule has 1 heterocycles. The quantitative estimate of drug-likeness (QED) is 0.671. The van der Waals surface area contributed by atoms with E-state index < -0.39 is 0 Å². The summed E-state index contributed by atoms with van der Waals surface area (Å²) in [6.45, 7) is 2.72. The van der Waals surface area contributed by atoms with Crippen molar-refractivity contribution in [3.63, 3.8) is 0 Å². The Kier molecular flexibility index (Phi) is 8.01. The zero-order valence-electron chi connectivity index (χ0n) is 16.8. The number of hydrogen-bond acceptors (Lipinski definition) is 4.